The molecule has 0 saturated heterocycles. The highest BCUT2D eigenvalue weighted by molar-refractivity contribution is 7.99. The van der Waals surface area contributed by atoms with E-state index in [1.807, 2.05) is 30.3 Å². The van der Waals surface area contributed by atoms with Crippen LogP contribution in [0, 0.1) is 0 Å². The molecule has 10 heteroatoms. The van der Waals surface area contributed by atoms with Crippen molar-refractivity contribution < 1.29 is 22.8 Å². The molecule has 0 fully saturated rings. The number of alkyl halides is 3. The molecule has 0 aliphatic carbocycles. The fraction of sp³-hybridized carbons (Fsp3) is 0.158. The van der Waals surface area contributed by atoms with Gasteiger partial charge in [-0.05, 0) is 30.0 Å². The summed E-state index contributed by atoms with van der Waals surface area (Å²) in [5, 5.41) is 5.33. The third-order valence-electron chi connectivity index (χ3n) is 3.56. The number of hydrogen-bond acceptors (Lipinski definition) is 7. The molecule has 0 radical (unpaired) electrons. The van der Waals surface area contributed by atoms with Crippen molar-refractivity contribution in [3.8, 4) is 10.6 Å². The molecule has 0 spiro atoms. The molecule has 0 unspecified atom stereocenters. The van der Waals surface area contributed by atoms with Gasteiger partial charge in [0.05, 0.1) is 16.3 Å². The highest BCUT2D eigenvalue weighted by Crippen LogP contribution is 2.33. The molecule has 0 aliphatic heterocycles. The van der Waals surface area contributed by atoms with E-state index in [0.29, 0.717) is 10.6 Å². The van der Waals surface area contributed by atoms with Crippen LogP contribution in [0.25, 0.3) is 10.6 Å². The molecule has 2 heterocycles. The molecule has 0 aliphatic rings. The van der Waals surface area contributed by atoms with Crippen molar-refractivity contribution in [2.24, 2.45) is 5.16 Å². The number of thiophene rings is 1. The van der Waals surface area contributed by atoms with Crippen molar-refractivity contribution >= 4 is 34.8 Å². The van der Waals surface area contributed by atoms with Gasteiger partial charge in [-0.3, -0.25) is 0 Å². The predicted octanol–water partition coefficient (Wildman–Crippen LogP) is 5.28. The Bertz CT molecular complexity index is 1010. The molecule has 3 aromatic rings. The van der Waals surface area contributed by atoms with Gasteiger partial charge in [0.1, 0.15) is 11.4 Å². The predicted molar refractivity (Wildman–Crippen MR) is 106 cm³/mol. The van der Waals surface area contributed by atoms with Crippen LogP contribution < -0.4 is 0 Å². The summed E-state index contributed by atoms with van der Waals surface area (Å²) in [5.74, 6) is -1.000. The van der Waals surface area contributed by atoms with E-state index in [-0.39, 0.29) is 16.6 Å². The van der Waals surface area contributed by atoms with E-state index >= 15 is 0 Å². The van der Waals surface area contributed by atoms with Gasteiger partial charge in [-0.25, -0.2) is 14.8 Å². The average Bonchev–Trinajstić information content (AvgIpc) is 3.25. The highest BCUT2D eigenvalue weighted by atomic mass is 32.2. The molecular formula is C19H14F3N3O2S2. The minimum atomic E-state index is -4.62. The molecule has 0 bridgehead atoms. The van der Waals surface area contributed by atoms with E-state index in [1.54, 1.807) is 24.4 Å². The van der Waals surface area contributed by atoms with Crippen LogP contribution in [0.15, 0.2) is 64.2 Å². The smallest absolute Gasteiger partial charge is 0.317 e. The van der Waals surface area contributed by atoms with Crippen LogP contribution in [0.1, 0.15) is 18.2 Å². The highest BCUT2D eigenvalue weighted by Gasteiger charge is 2.34. The van der Waals surface area contributed by atoms with E-state index in [0.717, 1.165) is 23.4 Å². The van der Waals surface area contributed by atoms with Gasteiger partial charge in [-0.2, -0.15) is 13.2 Å². The lowest BCUT2D eigenvalue weighted by Crippen LogP contribution is -2.11. The van der Waals surface area contributed by atoms with Gasteiger partial charge in [0, 0.05) is 0 Å². The number of carbonyl (C=O) groups excluding carboxylic acids is 1. The number of thioether (sulfide) groups is 1. The molecule has 2 aromatic heterocycles. The maximum absolute atomic E-state index is 13.2. The van der Waals surface area contributed by atoms with Crippen LogP contribution in [0.4, 0.5) is 13.2 Å². The number of oxime groups is 1. The molecule has 1 aromatic carbocycles. The number of rotatable bonds is 6. The van der Waals surface area contributed by atoms with Crippen molar-refractivity contribution in [1.29, 1.82) is 0 Å². The van der Waals surface area contributed by atoms with Crippen LogP contribution in [0.3, 0.4) is 0 Å². The van der Waals surface area contributed by atoms with Gasteiger partial charge in [0.2, 0.25) is 0 Å². The van der Waals surface area contributed by atoms with E-state index in [4.69, 9.17) is 4.84 Å². The van der Waals surface area contributed by atoms with Crippen molar-refractivity contribution in [2.45, 2.75) is 18.3 Å². The lowest BCUT2D eigenvalue weighted by molar-refractivity contribution is -0.141. The molecule has 29 heavy (non-hydrogen) atoms. The summed E-state index contributed by atoms with van der Waals surface area (Å²) < 4.78 is 39.5. The normalized spacial score (nSPS) is 12.1. The van der Waals surface area contributed by atoms with Crippen LogP contribution >= 0.6 is 23.1 Å². The molecule has 0 atom stereocenters. The Kier molecular flexibility index (Phi) is 6.65. The molecule has 150 valence electrons. The summed E-state index contributed by atoms with van der Waals surface area (Å²) in [6, 6.07) is 13.4. The topological polar surface area (TPSA) is 64.4 Å². The van der Waals surface area contributed by atoms with E-state index < -0.39 is 17.8 Å². The average molecular weight is 437 g/mol. The number of halogens is 3. The second-order valence-corrected chi connectivity index (χ2v) is 7.58. The quantitative estimate of drug-likeness (QED) is 0.173. The Morgan fingerprint density at radius 3 is 2.59 bits per heavy atom. The maximum atomic E-state index is 13.2. The third kappa shape index (κ3) is 5.88. The zero-order valence-corrected chi connectivity index (χ0v) is 16.6. The Morgan fingerprint density at radius 2 is 1.93 bits per heavy atom. The molecule has 0 amide bonds. The zero-order chi connectivity index (χ0) is 20.9. The van der Waals surface area contributed by atoms with Crippen LogP contribution in [0.2, 0.25) is 0 Å². The Balaban J connectivity index is 1.69. The van der Waals surface area contributed by atoms with E-state index in [1.165, 1.54) is 11.3 Å². The first kappa shape index (κ1) is 21.0. The number of carbonyl (C=O) groups is 1. The van der Waals surface area contributed by atoms with Gasteiger partial charge < -0.3 is 4.84 Å². The largest absolute Gasteiger partial charge is 0.433 e. The summed E-state index contributed by atoms with van der Waals surface area (Å²) in [5.41, 5.74) is 0.370. The fourth-order valence-electron chi connectivity index (χ4n) is 2.19. The van der Waals surface area contributed by atoms with Gasteiger partial charge in [0.15, 0.2) is 5.16 Å². The van der Waals surface area contributed by atoms with Gasteiger partial charge in [0.25, 0.3) is 0 Å². The Hall–Kier alpha value is -2.72. The lowest BCUT2D eigenvalue weighted by Gasteiger charge is -2.09. The first-order chi connectivity index (χ1) is 13.8. The number of benzene rings is 1. The monoisotopic (exact) mass is 437 g/mol. The van der Waals surface area contributed by atoms with Crippen molar-refractivity contribution in [3.63, 3.8) is 0 Å². The molecule has 5 nitrogen and oxygen atoms in total. The minimum absolute atomic E-state index is 0.149. The summed E-state index contributed by atoms with van der Waals surface area (Å²) in [6.45, 7) is 1.68. The first-order valence-electron chi connectivity index (χ1n) is 8.26. The zero-order valence-electron chi connectivity index (χ0n) is 15.0. The molecule has 0 N–H and O–H groups in total. The molecular weight excluding hydrogens is 423 g/mol. The number of hydrogen-bond donors (Lipinski definition) is 0. The van der Waals surface area contributed by atoms with Crippen molar-refractivity contribution in [1.82, 2.24) is 9.97 Å². The summed E-state index contributed by atoms with van der Waals surface area (Å²) in [4.78, 5) is 25.0. The molecule has 3 rings (SSSR count). The SMILES string of the molecule is CC(=NOC(=O)CSc1nc(-c2cccs2)cc(C(F)(F)F)n1)c1ccccc1. The second kappa shape index (κ2) is 9.19. The van der Waals surface area contributed by atoms with E-state index in [9.17, 15) is 18.0 Å². The van der Waals surface area contributed by atoms with Gasteiger partial charge >= 0.3 is 12.1 Å². The lowest BCUT2D eigenvalue weighted by atomic mass is 10.1. The van der Waals surface area contributed by atoms with E-state index in [2.05, 4.69) is 15.1 Å². The standard InChI is InChI=1S/C19H14F3N3O2S2/c1-12(13-6-3-2-4-7-13)25-27-17(26)11-29-18-23-14(15-8-5-9-28-15)10-16(24-18)19(20,21)22/h2-10H,11H2,1H3. The summed E-state index contributed by atoms with van der Waals surface area (Å²) >= 11 is 2.02. The Morgan fingerprint density at radius 1 is 1.17 bits per heavy atom. The van der Waals surface area contributed by atoms with Crippen molar-refractivity contribution in [2.75, 3.05) is 5.75 Å². The van der Waals surface area contributed by atoms with Gasteiger partial charge in [-0.15, -0.1) is 11.3 Å². The third-order valence-corrected chi connectivity index (χ3v) is 5.28. The van der Waals surface area contributed by atoms with Crippen molar-refractivity contribution in [3.05, 3.63) is 65.2 Å². The first-order valence-corrected chi connectivity index (χ1v) is 10.1. The second-order valence-electron chi connectivity index (χ2n) is 5.69. The fourth-order valence-corrected chi connectivity index (χ4v) is 3.50. The number of nitrogens with zero attached hydrogens (tertiary/aromatic N) is 3. The summed E-state index contributed by atoms with van der Waals surface area (Å²) in [6.07, 6.45) is -4.62. The summed E-state index contributed by atoms with van der Waals surface area (Å²) in [7, 11) is 0. The van der Waals surface area contributed by atoms with Crippen LogP contribution in [-0.4, -0.2) is 27.4 Å². The van der Waals surface area contributed by atoms with Crippen LogP contribution in [0.5, 0.6) is 0 Å². The minimum Gasteiger partial charge on any atom is -0.317 e. The Labute approximate surface area is 172 Å². The maximum Gasteiger partial charge on any atom is 0.433 e. The van der Waals surface area contributed by atoms with Crippen LogP contribution in [-0.2, 0) is 15.8 Å². The number of aromatic nitrogens is 2. The molecule has 0 saturated carbocycles. The van der Waals surface area contributed by atoms with Gasteiger partial charge in [-0.1, -0.05) is 53.3 Å².